The van der Waals surface area contributed by atoms with Crippen molar-refractivity contribution in [3.63, 3.8) is 0 Å². The third kappa shape index (κ3) is 3.28. The highest BCUT2D eigenvalue weighted by Gasteiger charge is 2.18. The minimum atomic E-state index is 0.117. The molecule has 2 rings (SSSR count). The zero-order valence-corrected chi connectivity index (χ0v) is 12.1. The third-order valence-corrected chi connectivity index (χ3v) is 4.87. The second kappa shape index (κ2) is 6.27. The maximum Gasteiger partial charge on any atom is 0.118 e. The zero-order chi connectivity index (χ0) is 13.0. The third-order valence-electron chi connectivity index (χ3n) is 2.67. The van der Waals surface area contributed by atoms with Gasteiger partial charge in [0.1, 0.15) is 5.75 Å². The number of thiophene rings is 1. The summed E-state index contributed by atoms with van der Waals surface area (Å²) in [6.07, 6.45) is 0. The molecule has 0 aliphatic heterocycles. The Labute approximate surface area is 116 Å². The largest absolute Gasteiger partial charge is 0.497 e. The van der Waals surface area contributed by atoms with Gasteiger partial charge in [0.2, 0.25) is 0 Å². The van der Waals surface area contributed by atoms with Crippen molar-refractivity contribution in [1.82, 2.24) is 0 Å². The SMILES string of the molecule is COc1ccc(SC(c2ccsc2)C(C)N)cc1. The van der Waals surface area contributed by atoms with E-state index in [0.717, 1.165) is 5.75 Å². The Morgan fingerprint density at radius 1 is 1.22 bits per heavy atom. The van der Waals surface area contributed by atoms with Crippen LogP contribution >= 0.6 is 23.1 Å². The molecule has 0 saturated carbocycles. The highest BCUT2D eigenvalue weighted by molar-refractivity contribution is 7.99. The Morgan fingerprint density at radius 3 is 2.44 bits per heavy atom. The van der Waals surface area contributed by atoms with E-state index >= 15 is 0 Å². The van der Waals surface area contributed by atoms with Gasteiger partial charge in [0.15, 0.2) is 0 Å². The molecule has 1 aromatic heterocycles. The minimum absolute atomic E-state index is 0.117. The van der Waals surface area contributed by atoms with Crippen LogP contribution in [-0.4, -0.2) is 13.2 Å². The predicted molar refractivity (Wildman–Crippen MR) is 79.6 cm³/mol. The van der Waals surface area contributed by atoms with Crippen LogP contribution in [0, 0.1) is 0 Å². The quantitative estimate of drug-likeness (QED) is 0.842. The van der Waals surface area contributed by atoms with Crippen molar-refractivity contribution in [3.8, 4) is 5.75 Å². The molecule has 2 aromatic rings. The lowest BCUT2D eigenvalue weighted by molar-refractivity contribution is 0.414. The second-order valence-corrected chi connectivity index (χ2v) is 6.12. The van der Waals surface area contributed by atoms with E-state index < -0.39 is 0 Å². The second-order valence-electron chi connectivity index (χ2n) is 4.13. The van der Waals surface area contributed by atoms with E-state index in [2.05, 4.69) is 35.9 Å². The Morgan fingerprint density at radius 2 is 1.94 bits per heavy atom. The Bertz CT molecular complexity index is 465. The number of benzene rings is 1. The Balaban J connectivity index is 2.13. The molecular weight excluding hydrogens is 262 g/mol. The molecule has 0 fully saturated rings. The smallest absolute Gasteiger partial charge is 0.118 e. The first kappa shape index (κ1) is 13.5. The van der Waals surface area contributed by atoms with Crippen molar-refractivity contribution in [2.75, 3.05) is 7.11 Å². The molecule has 18 heavy (non-hydrogen) atoms. The van der Waals surface area contributed by atoms with E-state index in [1.807, 2.05) is 12.1 Å². The summed E-state index contributed by atoms with van der Waals surface area (Å²) in [5.41, 5.74) is 7.39. The fourth-order valence-corrected chi connectivity index (χ4v) is 3.58. The van der Waals surface area contributed by atoms with E-state index in [1.165, 1.54) is 10.5 Å². The van der Waals surface area contributed by atoms with Crippen LogP contribution in [0.1, 0.15) is 17.7 Å². The van der Waals surface area contributed by atoms with Gasteiger partial charge in [0.25, 0.3) is 0 Å². The van der Waals surface area contributed by atoms with Gasteiger partial charge in [-0.2, -0.15) is 11.3 Å². The molecule has 0 spiro atoms. The molecule has 4 heteroatoms. The van der Waals surface area contributed by atoms with Crippen molar-refractivity contribution >= 4 is 23.1 Å². The Kier molecular flexibility index (Phi) is 4.69. The van der Waals surface area contributed by atoms with E-state index in [9.17, 15) is 0 Å². The fourth-order valence-electron chi connectivity index (χ4n) is 1.72. The normalized spacial score (nSPS) is 14.2. The van der Waals surface area contributed by atoms with Crippen molar-refractivity contribution in [2.45, 2.75) is 23.1 Å². The first-order chi connectivity index (χ1) is 8.70. The predicted octanol–water partition coefficient (Wildman–Crippen LogP) is 3.94. The topological polar surface area (TPSA) is 35.2 Å². The molecule has 0 radical (unpaired) electrons. The van der Waals surface area contributed by atoms with Crippen molar-refractivity contribution in [2.24, 2.45) is 5.73 Å². The molecule has 1 heterocycles. The average molecular weight is 279 g/mol. The molecular formula is C14H17NOS2. The number of hydrogen-bond donors (Lipinski definition) is 1. The summed E-state index contributed by atoms with van der Waals surface area (Å²) in [6, 6.07) is 10.4. The van der Waals surface area contributed by atoms with Gasteiger partial charge in [-0.25, -0.2) is 0 Å². The standard InChI is InChI=1S/C14H17NOS2/c1-10(15)14(11-7-8-17-9-11)18-13-5-3-12(16-2)4-6-13/h3-10,14H,15H2,1-2H3. The minimum Gasteiger partial charge on any atom is -0.497 e. The molecule has 1 aromatic carbocycles. The first-order valence-corrected chi connectivity index (χ1v) is 7.61. The summed E-state index contributed by atoms with van der Waals surface area (Å²) >= 11 is 3.51. The lowest BCUT2D eigenvalue weighted by atomic mass is 10.1. The number of thioether (sulfide) groups is 1. The number of nitrogens with two attached hydrogens (primary N) is 1. The monoisotopic (exact) mass is 279 g/mol. The van der Waals surface area contributed by atoms with Crippen LogP contribution in [0.3, 0.4) is 0 Å². The van der Waals surface area contributed by atoms with Gasteiger partial charge >= 0.3 is 0 Å². The van der Waals surface area contributed by atoms with Crippen LogP contribution in [-0.2, 0) is 0 Å². The van der Waals surface area contributed by atoms with Gasteiger partial charge in [-0.1, -0.05) is 0 Å². The summed E-state index contributed by atoms with van der Waals surface area (Å²) in [5, 5.41) is 4.56. The molecule has 0 saturated heterocycles. The fraction of sp³-hybridized carbons (Fsp3) is 0.286. The molecule has 0 aliphatic rings. The molecule has 0 amide bonds. The zero-order valence-electron chi connectivity index (χ0n) is 10.5. The van der Waals surface area contributed by atoms with Crippen molar-refractivity contribution in [3.05, 3.63) is 46.7 Å². The summed E-state index contributed by atoms with van der Waals surface area (Å²) in [4.78, 5) is 1.21. The lowest BCUT2D eigenvalue weighted by Gasteiger charge is -2.19. The van der Waals surface area contributed by atoms with Crippen molar-refractivity contribution in [1.29, 1.82) is 0 Å². The molecule has 2 unspecified atom stereocenters. The van der Waals surface area contributed by atoms with Crippen LogP contribution in [0.4, 0.5) is 0 Å². The summed E-state index contributed by atoms with van der Waals surface area (Å²) in [6.45, 7) is 2.05. The van der Waals surface area contributed by atoms with Gasteiger partial charge < -0.3 is 10.5 Å². The number of methoxy groups -OCH3 is 1. The van der Waals surface area contributed by atoms with Gasteiger partial charge in [-0.3, -0.25) is 0 Å². The molecule has 2 nitrogen and oxygen atoms in total. The highest BCUT2D eigenvalue weighted by atomic mass is 32.2. The molecule has 2 N–H and O–H groups in total. The molecule has 0 aliphatic carbocycles. The maximum atomic E-state index is 6.09. The van der Waals surface area contributed by atoms with E-state index in [1.54, 1.807) is 30.2 Å². The van der Waals surface area contributed by atoms with E-state index in [0.29, 0.717) is 5.25 Å². The summed E-state index contributed by atoms with van der Waals surface area (Å²) < 4.78 is 5.16. The van der Waals surface area contributed by atoms with Gasteiger partial charge in [0.05, 0.1) is 12.4 Å². The van der Waals surface area contributed by atoms with Gasteiger partial charge in [-0.15, -0.1) is 11.8 Å². The first-order valence-electron chi connectivity index (χ1n) is 5.79. The van der Waals surface area contributed by atoms with Crippen LogP contribution in [0.15, 0.2) is 46.0 Å². The number of ether oxygens (including phenoxy) is 1. The van der Waals surface area contributed by atoms with Crippen LogP contribution in [0.25, 0.3) is 0 Å². The van der Waals surface area contributed by atoms with Crippen LogP contribution in [0.2, 0.25) is 0 Å². The summed E-state index contributed by atoms with van der Waals surface area (Å²) in [5.74, 6) is 0.882. The van der Waals surface area contributed by atoms with Crippen LogP contribution < -0.4 is 10.5 Å². The maximum absolute atomic E-state index is 6.09. The highest BCUT2D eigenvalue weighted by Crippen LogP contribution is 2.38. The molecule has 96 valence electrons. The molecule has 0 bridgehead atoms. The number of rotatable bonds is 5. The van der Waals surface area contributed by atoms with E-state index in [4.69, 9.17) is 10.5 Å². The van der Waals surface area contributed by atoms with E-state index in [-0.39, 0.29) is 6.04 Å². The van der Waals surface area contributed by atoms with Gasteiger partial charge in [-0.05, 0) is 53.6 Å². The average Bonchev–Trinajstić information content (AvgIpc) is 2.90. The number of hydrogen-bond acceptors (Lipinski definition) is 4. The lowest BCUT2D eigenvalue weighted by Crippen LogP contribution is -2.22. The van der Waals surface area contributed by atoms with Crippen molar-refractivity contribution < 1.29 is 4.74 Å². The van der Waals surface area contributed by atoms with Gasteiger partial charge in [0, 0.05) is 10.9 Å². The molecule has 2 atom stereocenters. The van der Waals surface area contributed by atoms with Crippen LogP contribution in [0.5, 0.6) is 5.75 Å². The Hall–Kier alpha value is -0.970. The summed E-state index contributed by atoms with van der Waals surface area (Å²) in [7, 11) is 1.68.